The zero-order valence-electron chi connectivity index (χ0n) is 15.6. The average molecular weight is 384 g/mol. The lowest BCUT2D eigenvalue weighted by molar-refractivity contribution is 0.0438. The van der Waals surface area contributed by atoms with E-state index in [2.05, 4.69) is 13.8 Å². The minimum Gasteiger partial charge on any atom is -0.487 e. The molecule has 0 bridgehead atoms. The van der Waals surface area contributed by atoms with Crippen LogP contribution in [0, 0.1) is 5.92 Å². The van der Waals surface area contributed by atoms with E-state index in [0.29, 0.717) is 23.5 Å². The third-order valence-corrected chi connectivity index (χ3v) is 4.01. The van der Waals surface area contributed by atoms with Crippen molar-refractivity contribution in [3.63, 3.8) is 0 Å². The fraction of sp³-hybridized carbons (Fsp3) is 0.286. The molecule has 146 valence electrons. The topological polar surface area (TPSA) is 95.9 Å². The van der Waals surface area contributed by atoms with E-state index < -0.39 is 11.6 Å². The highest BCUT2D eigenvalue weighted by atomic mass is 16.5. The second kappa shape index (κ2) is 8.56. The van der Waals surface area contributed by atoms with Crippen molar-refractivity contribution in [1.29, 1.82) is 0 Å². The van der Waals surface area contributed by atoms with Gasteiger partial charge in [-0.25, -0.2) is 9.59 Å². The van der Waals surface area contributed by atoms with E-state index in [1.54, 1.807) is 24.3 Å². The Bertz CT molecular complexity index is 1090. The van der Waals surface area contributed by atoms with Crippen LogP contribution in [0.4, 0.5) is 0 Å². The van der Waals surface area contributed by atoms with Crippen LogP contribution >= 0.6 is 0 Å². The number of benzene rings is 1. The number of hydrogen-bond acceptors (Lipinski definition) is 7. The van der Waals surface area contributed by atoms with Crippen LogP contribution in [-0.2, 0) is 11.3 Å². The van der Waals surface area contributed by atoms with Gasteiger partial charge in [0.25, 0.3) is 0 Å². The van der Waals surface area contributed by atoms with Crippen molar-refractivity contribution in [2.75, 3.05) is 6.61 Å². The third-order valence-electron chi connectivity index (χ3n) is 4.01. The van der Waals surface area contributed by atoms with E-state index in [9.17, 15) is 14.4 Å². The first-order valence-electron chi connectivity index (χ1n) is 8.88. The average Bonchev–Trinajstić information content (AvgIpc) is 2.66. The number of esters is 1. The number of hydrogen-bond donors (Lipinski definition) is 0. The van der Waals surface area contributed by atoms with Crippen LogP contribution < -0.4 is 15.8 Å². The van der Waals surface area contributed by atoms with Gasteiger partial charge in [-0.15, -0.1) is 0 Å². The minimum absolute atomic E-state index is 0.103. The van der Waals surface area contributed by atoms with Gasteiger partial charge < -0.3 is 18.3 Å². The highest BCUT2D eigenvalue weighted by molar-refractivity contribution is 5.92. The summed E-state index contributed by atoms with van der Waals surface area (Å²) in [6.45, 7) is 4.22. The molecule has 0 fully saturated rings. The van der Waals surface area contributed by atoms with Crippen LogP contribution in [0.1, 0.15) is 36.4 Å². The fourth-order valence-electron chi connectivity index (χ4n) is 2.44. The van der Waals surface area contributed by atoms with Crippen molar-refractivity contribution in [3.8, 4) is 5.75 Å². The maximum Gasteiger partial charge on any atom is 0.351 e. The Hall–Kier alpha value is -3.35. The van der Waals surface area contributed by atoms with E-state index in [1.807, 2.05) is 0 Å². The number of rotatable bonds is 7. The smallest absolute Gasteiger partial charge is 0.351 e. The molecule has 0 N–H and O–H groups in total. The molecule has 3 aromatic rings. The van der Waals surface area contributed by atoms with Gasteiger partial charge in [0, 0.05) is 11.5 Å². The molecule has 1 aromatic carbocycles. The maximum atomic E-state index is 12.2. The summed E-state index contributed by atoms with van der Waals surface area (Å²) in [7, 11) is 0. The van der Waals surface area contributed by atoms with E-state index in [4.69, 9.17) is 18.3 Å². The summed E-state index contributed by atoms with van der Waals surface area (Å²) in [4.78, 5) is 36.2. The second-order valence-corrected chi connectivity index (χ2v) is 6.67. The number of ether oxygens (including phenoxy) is 2. The van der Waals surface area contributed by atoms with Crippen molar-refractivity contribution < 1.29 is 23.1 Å². The molecule has 7 nitrogen and oxygen atoms in total. The number of carbonyl (C=O) groups is 1. The molecule has 0 amide bonds. The lowest BCUT2D eigenvalue weighted by Crippen LogP contribution is -2.17. The van der Waals surface area contributed by atoms with Crippen molar-refractivity contribution in [2.24, 2.45) is 5.92 Å². The SMILES string of the molecule is CC(C)CCOc1coc(COC(=O)c2cc3ccccc3oc2=O)cc1=O. The summed E-state index contributed by atoms with van der Waals surface area (Å²) in [5, 5.41) is 0.600. The summed E-state index contributed by atoms with van der Waals surface area (Å²) in [6.07, 6.45) is 2.00. The zero-order valence-corrected chi connectivity index (χ0v) is 15.6. The quantitative estimate of drug-likeness (QED) is 0.454. The Morgan fingerprint density at radius 1 is 1.14 bits per heavy atom. The third kappa shape index (κ3) is 4.68. The molecular formula is C21H20O7. The first-order chi connectivity index (χ1) is 13.4. The van der Waals surface area contributed by atoms with E-state index in [-0.39, 0.29) is 29.1 Å². The standard InChI is InChI=1S/C21H20O7/c1-13(2)7-8-25-19-12-26-15(10-17(19)22)11-27-20(23)16-9-14-5-3-4-6-18(14)28-21(16)24/h3-6,9-10,12-13H,7-8,11H2,1-2H3. The Morgan fingerprint density at radius 2 is 1.93 bits per heavy atom. The molecule has 0 aliphatic rings. The van der Waals surface area contributed by atoms with E-state index in [1.165, 1.54) is 18.4 Å². The zero-order chi connectivity index (χ0) is 20.1. The molecule has 0 radical (unpaired) electrons. The Morgan fingerprint density at radius 3 is 2.68 bits per heavy atom. The van der Waals surface area contributed by atoms with Crippen molar-refractivity contribution in [3.05, 3.63) is 74.6 Å². The van der Waals surface area contributed by atoms with Gasteiger partial charge >= 0.3 is 11.6 Å². The molecule has 28 heavy (non-hydrogen) atoms. The summed E-state index contributed by atoms with van der Waals surface area (Å²) in [6, 6.07) is 9.43. The van der Waals surface area contributed by atoms with E-state index >= 15 is 0 Å². The summed E-state index contributed by atoms with van der Waals surface area (Å²) < 4.78 is 20.9. The van der Waals surface area contributed by atoms with Crippen LogP contribution in [0.5, 0.6) is 5.75 Å². The molecule has 0 unspecified atom stereocenters. The molecule has 2 aromatic heterocycles. The molecule has 0 aliphatic heterocycles. The van der Waals surface area contributed by atoms with Crippen molar-refractivity contribution in [1.82, 2.24) is 0 Å². The van der Waals surface area contributed by atoms with Crippen LogP contribution in [-0.4, -0.2) is 12.6 Å². The molecule has 0 atom stereocenters. The lowest BCUT2D eigenvalue weighted by atomic mass is 10.1. The van der Waals surface area contributed by atoms with Gasteiger partial charge in [-0.05, 0) is 24.5 Å². The first-order valence-corrected chi connectivity index (χ1v) is 8.88. The number of carbonyl (C=O) groups excluding carboxylic acids is 1. The van der Waals surface area contributed by atoms with E-state index in [0.717, 1.165) is 6.42 Å². The van der Waals surface area contributed by atoms with Gasteiger partial charge in [0.2, 0.25) is 11.2 Å². The molecular weight excluding hydrogens is 364 g/mol. The number of fused-ring (bicyclic) bond motifs is 1. The van der Waals surface area contributed by atoms with Gasteiger partial charge in [-0.3, -0.25) is 4.79 Å². The summed E-state index contributed by atoms with van der Waals surface area (Å²) >= 11 is 0. The monoisotopic (exact) mass is 384 g/mol. The van der Waals surface area contributed by atoms with Crippen LogP contribution in [0.25, 0.3) is 11.0 Å². The highest BCUT2D eigenvalue weighted by Crippen LogP contribution is 2.14. The lowest BCUT2D eigenvalue weighted by Gasteiger charge is -2.08. The first kappa shape index (κ1) is 19.4. The second-order valence-electron chi connectivity index (χ2n) is 6.67. The van der Waals surface area contributed by atoms with Gasteiger partial charge in [0.05, 0.1) is 6.61 Å². The van der Waals surface area contributed by atoms with Gasteiger partial charge in [-0.2, -0.15) is 0 Å². The highest BCUT2D eigenvalue weighted by Gasteiger charge is 2.16. The van der Waals surface area contributed by atoms with Crippen molar-refractivity contribution >= 4 is 16.9 Å². The fourth-order valence-corrected chi connectivity index (χ4v) is 2.44. The minimum atomic E-state index is -0.862. The normalized spacial score (nSPS) is 11.0. The molecule has 7 heteroatoms. The van der Waals surface area contributed by atoms with Crippen molar-refractivity contribution in [2.45, 2.75) is 26.9 Å². The maximum absolute atomic E-state index is 12.2. The molecule has 2 heterocycles. The Kier molecular flexibility index (Phi) is 5.93. The Labute approximate surface area is 160 Å². The summed E-state index contributed by atoms with van der Waals surface area (Å²) in [5.74, 6) is -0.163. The predicted octanol–water partition coefficient (Wildman–Crippen LogP) is 3.53. The van der Waals surface area contributed by atoms with Crippen LogP contribution in [0.2, 0.25) is 0 Å². The van der Waals surface area contributed by atoms with Gasteiger partial charge in [0.1, 0.15) is 29.8 Å². The molecule has 0 aliphatic carbocycles. The molecule has 0 saturated carbocycles. The number of para-hydroxylation sites is 1. The van der Waals surface area contributed by atoms with Crippen LogP contribution in [0.15, 0.2) is 61.1 Å². The molecule has 0 spiro atoms. The Balaban J connectivity index is 1.66. The van der Waals surface area contributed by atoms with Gasteiger partial charge in [-0.1, -0.05) is 32.0 Å². The molecule has 3 rings (SSSR count). The van der Waals surface area contributed by atoms with Crippen LogP contribution in [0.3, 0.4) is 0 Å². The van der Waals surface area contributed by atoms with Gasteiger partial charge in [0.15, 0.2) is 0 Å². The summed E-state index contributed by atoms with van der Waals surface area (Å²) in [5.41, 5.74) is -1.01. The predicted molar refractivity (Wildman–Crippen MR) is 102 cm³/mol. The largest absolute Gasteiger partial charge is 0.487 e. The molecule has 0 saturated heterocycles.